The Morgan fingerprint density at radius 1 is 1.57 bits per heavy atom. The van der Waals surface area contributed by atoms with Crippen molar-refractivity contribution in [1.82, 2.24) is 4.98 Å². The first-order valence-electron chi connectivity index (χ1n) is 4.53. The molecule has 0 N–H and O–H groups in total. The highest BCUT2D eigenvalue weighted by Gasteiger charge is 2.19. The van der Waals surface area contributed by atoms with Crippen molar-refractivity contribution in [3.05, 3.63) is 34.6 Å². The number of allylic oxidation sites excluding steroid dienone is 2. The molecule has 0 aromatic carbocycles. The molecule has 0 radical (unpaired) electrons. The van der Waals surface area contributed by atoms with E-state index >= 15 is 0 Å². The Bertz CT molecular complexity index is 396. The number of hydrogen-bond donors (Lipinski definition) is 0. The van der Waals surface area contributed by atoms with Crippen LogP contribution in [0.2, 0.25) is 0 Å². The molecule has 70 valence electrons. The van der Waals surface area contributed by atoms with Crippen molar-refractivity contribution in [2.75, 3.05) is 0 Å². The van der Waals surface area contributed by atoms with Crippen LogP contribution in [0.15, 0.2) is 28.9 Å². The molecule has 2 nitrogen and oxygen atoms in total. The molecule has 0 amide bonds. The average molecular weight is 249 g/mol. The highest BCUT2D eigenvalue weighted by atomic mass is 79.9. The number of pyridine rings is 1. The Morgan fingerprint density at radius 3 is 2.86 bits per heavy atom. The van der Waals surface area contributed by atoms with Crippen LogP contribution in [0.5, 0.6) is 0 Å². The van der Waals surface area contributed by atoms with Gasteiger partial charge < -0.3 is 0 Å². The van der Waals surface area contributed by atoms with Crippen LogP contribution < -0.4 is 0 Å². The summed E-state index contributed by atoms with van der Waals surface area (Å²) in [6, 6.07) is 5.96. The van der Waals surface area contributed by atoms with E-state index in [2.05, 4.69) is 27.0 Å². The predicted molar refractivity (Wildman–Crippen MR) is 58.3 cm³/mol. The fourth-order valence-electron chi connectivity index (χ4n) is 1.21. The Balaban J connectivity index is 2.27. The first-order valence-corrected chi connectivity index (χ1v) is 5.33. The molecule has 1 aromatic rings. The number of rotatable bonds is 2. The molecule has 1 aromatic heterocycles. The van der Waals surface area contributed by atoms with Crippen LogP contribution >= 0.6 is 15.9 Å². The van der Waals surface area contributed by atoms with Crippen LogP contribution in [0.25, 0.3) is 5.57 Å². The van der Waals surface area contributed by atoms with E-state index in [1.165, 1.54) is 12.8 Å². The predicted octanol–water partition coefficient (Wildman–Crippen LogP) is 3.16. The monoisotopic (exact) mass is 248 g/mol. The first kappa shape index (κ1) is 9.42. The fraction of sp³-hybridized carbons (Fsp3) is 0.273. The summed E-state index contributed by atoms with van der Waals surface area (Å²) in [4.78, 5) is 4.19. The second-order valence-corrected chi connectivity index (χ2v) is 4.31. The minimum absolute atomic E-state index is 0.607. The molecular weight excluding hydrogens is 240 g/mol. The zero-order chi connectivity index (χ0) is 9.97. The maximum Gasteiger partial charge on any atom is 0.101 e. The van der Waals surface area contributed by atoms with E-state index in [-0.39, 0.29) is 0 Å². The molecule has 0 spiro atoms. The highest BCUT2D eigenvalue weighted by molar-refractivity contribution is 9.10. The quantitative estimate of drug-likeness (QED) is 0.755. The van der Waals surface area contributed by atoms with Gasteiger partial charge in [-0.05, 0) is 46.8 Å². The molecule has 1 fully saturated rings. The summed E-state index contributed by atoms with van der Waals surface area (Å²) in [5.41, 5.74) is 1.46. The Morgan fingerprint density at radius 2 is 2.36 bits per heavy atom. The Kier molecular flexibility index (Phi) is 2.64. The maximum absolute atomic E-state index is 8.96. The minimum Gasteiger partial charge on any atom is -0.254 e. The molecule has 1 aliphatic carbocycles. The third kappa shape index (κ3) is 2.21. The van der Waals surface area contributed by atoms with Gasteiger partial charge in [0.05, 0.1) is 11.3 Å². The minimum atomic E-state index is 0.607. The lowest BCUT2D eigenvalue weighted by Gasteiger charge is -1.97. The smallest absolute Gasteiger partial charge is 0.101 e. The third-order valence-corrected chi connectivity index (χ3v) is 2.62. The molecule has 0 saturated heterocycles. The fourth-order valence-corrected chi connectivity index (χ4v) is 1.45. The van der Waals surface area contributed by atoms with Gasteiger partial charge in [0.2, 0.25) is 0 Å². The van der Waals surface area contributed by atoms with Crippen LogP contribution in [0, 0.1) is 17.2 Å². The van der Waals surface area contributed by atoms with E-state index < -0.39 is 0 Å². The third-order valence-electron chi connectivity index (χ3n) is 2.15. The molecule has 3 heteroatoms. The summed E-state index contributed by atoms with van der Waals surface area (Å²) in [6.07, 6.45) is 6.16. The van der Waals surface area contributed by atoms with Gasteiger partial charge in [-0.1, -0.05) is 6.08 Å². The van der Waals surface area contributed by atoms with Gasteiger partial charge in [-0.15, -0.1) is 0 Å². The normalized spacial score (nSPS) is 16.4. The number of halogens is 1. The molecule has 0 atom stereocenters. The summed E-state index contributed by atoms with van der Waals surface area (Å²) < 4.78 is 0.935. The zero-order valence-corrected chi connectivity index (χ0v) is 9.16. The largest absolute Gasteiger partial charge is 0.254 e. The van der Waals surface area contributed by atoms with Gasteiger partial charge in [0, 0.05) is 10.7 Å². The van der Waals surface area contributed by atoms with Gasteiger partial charge in [0.1, 0.15) is 6.07 Å². The van der Waals surface area contributed by atoms with Gasteiger partial charge in [-0.25, -0.2) is 0 Å². The van der Waals surface area contributed by atoms with Crippen molar-refractivity contribution >= 4 is 21.5 Å². The molecule has 1 saturated carbocycles. The molecule has 0 aliphatic heterocycles. The molecule has 1 heterocycles. The second-order valence-electron chi connectivity index (χ2n) is 3.39. The van der Waals surface area contributed by atoms with E-state index in [1.54, 1.807) is 6.20 Å². The lowest BCUT2D eigenvalue weighted by atomic mass is 10.1. The van der Waals surface area contributed by atoms with E-state index in [0.717, 1.165) is 10.2 Å². The van der Waals surface area contributed by atoms with E-state index in [0.29, 0.717) is 11.5 Å². The Labute approximate surface area is 91.4 Å². The van der Waals surface area contributed by atoms with Crippen LogP contribution in [0.4, 0.5) is 0 Å². The summed E-state index contributed by atoms with van der Waals surface area (Å²) >= 11 is 3.31. The van der Waals surface area contributed by atoms with E-state index in [4.69, 9.17) is 5.26 Å². The van der Waals surface area contributed by atoms with E-state index in [9.17, 15) is 0 Å². The Hall–Kier alpha value is -1.14. The number of hydrogen-bond acceptors (Lipinski definition) is 2. The van der Waals surface area contributed by atoms with Crippen molar-refractivity contribution in [1.29, 1.82) is 5.26 Å². The van der Waals surface area contributed by atoms with Crippen LogP contribution in [-0.4, -0.2) is 4.98 Å². The van der Waals surface area contributed by atoms with Gasteiger partial charge in [0.15, 0.2) is 0 Å². The summed E-state index contributed by atoms with van der Waals surface area (Å²) in [7, 11) is 0. The topological polar surface area (TPSA) is 36.7 Å². The molecule has 14 heavy (non-hydrogen) atoms. The molecule has 0 bridgehead atoms. The summed E-state index contributed by atoms with van der Waals surface area (Å²) in [6.45, 7) is 0. The van der Waals surface area contributed by atoms with Gasteiger partial charge in [-0.3, -0.25) is 4.98 Å². The zero-order valence-electron chi connectivity index (χ0n) is 7.57. The lowest BCUT2D eigenvalue weighted by molar-refractivity contribution is 1.12. The average Bonchev–Trinajstić information content (AvgIpc) is 3.00. The maximum atomic E-state index is 8.96. The van der Waals surface area contributed by atoms with Crippen molar-refractivity contribution in [3.8, 4) is 6.07 Å². The van der Waals surface area contributed by atoms with Crippen LogP contribution in [0.3, 0.4) is 0 Å². The SMILES string of the molecule is N#C/C(=C/C1CC1)c1ccc(Br)cn1. The standard InChI is InChI=1S/C11H9BrN2/c12-10-3-4-11(14-7-10)9(6-13)5-8-1-2-8/h3-5,7-8H,1-2H2/b9-5-. The van der Waals surface area contributed by atoms with Gasteiger partial charge in [0.25, 0.3) is 0 Å². The van der Waals surface area contributed by atoms with Gasteiger partial charge in [-0.2, -0.15) is 5.26 Å². The molecule has 0 unspecified atom stereocenters. The van der Waals surface area contributed by atoms with Gasteiger partial charge >= 0.3 is 0 Å². The van der Waals surface area contributed by atoms with Crippen LogP contribution in [0.1, 0.15) is 18.5 Å². The first-order chi connectivity index (χ1) is 6.79. The second kappa shape index (κ2) is 3.93. The molecule has 1 aliphatic rings. The number of aromatic nitrogens is 1. The van der Waals surface area contributed by atoms with E-state index in [1.807, 2.05) is 18.2 Å². The number of nitriles is 1. The van der Waals surface area contributed by atoms with Crippen molar-refractivity contribution in [2.45, 2.75) is 12.8 Å². The number of nitrogens with zero attached hydrogens (tertiary/aromatic N) is 2. The van der Waals surface area contributed by atoms with Crippen molar-refractivity contribution in [2.24, 2.45) is 5.92 Å². The van der Waals surface area contributed by atoms with Crippen molar-refractivity contribution < 1.29 is 0 Å². The summed E-state index contributed by atoms with van der Waals surface area (Å²) in [5, 5.41) is 8.96. The summed E-state index contributed by atoms with van der Waals surface area (Å²) in [5.74, 6) is 0.607. The van der Waals surface area contributed by atoms with Crippen molar-refractivity contribution in [3.63, 3.8) is 0 Å². The highest BCUT2D eigenvalue weighted by Crippen LogP contribution is 2.32. The lowest BCUT2D eigenvalue weighted by Crippen LogP contribution is -1.86. The molecular formula is C11H9BrN2. The van der Waals surface area contributed by atoms with Crippen LogP contribution in [-0.2, 0) is 0 Å². The molecule has 2 rings (SSSR count).